The van der Waals surface area contributed by atoms with Crippen molar-refractivity contribution in [2.45, 2.75) is 58.8 Å². The number of benzene rings is 2. The van der Waals surface area contributed by atoms with Gasteiger partial charge in [-0.15, -0.1) is 0 Å². The Bertz CT molecular complexity index is 660. The fourth-order valence-electron chi connectivity index (χ4n) is 2.93. The van der Waals surface area contributed by atoms with Crippen molar-refractivity contribution < 1.29 is 13.2 Å². The van der Waals surface area contributed by atoms with Crippen molar-refractivity contribution in [3.05, 3.63) is 58.9 Å². The fraction of sp³-hybridized carbons (Fsp3) is 0.429. The van der Waals surface area contributed by atoms with Gasteiger partial charge in [0, 0.05) is 0 Å². The van der Waals surface area contributed by atoms with Crippen LogP contribution in [0.3, 0.4) is 0 Å². The van der Waals surface area contributed by atoms with Gasteiger partial charge in [0.15, 0.2) is 11.6 Å². The molecule has 2 aromatic carbocycles. The van der Waals surface area contributed by atoms with Crippen LogP contribution in [0.4, 0.5) is 13.2 Å². The third kappa shape index (κ3) is 4.62. The Morgan fingerprint density at radius 2 is 1.42 bits per heavy atom. The van der Waals surface area contributed by atoms with Gasteiger partial charge in [-0.2, -0.15) is 0 Å². The summed E-state index contributed by atoms with van der Waals surface area (Å²) in [4.78, 5) is 0. The van der Waals surface area contributed by atoms with Crippen LogP contribution < -0.4 is 0 Å². The fourth-order valence-corrected chi connectivity index (χ4v) is 2.93. The van der Waals surface area contributed by atoms with E-state index in [1.807, 2.05) is 12.1 Å². The summed E-state index contributed by atoms with van der Waals surface area (Å²) >= 11 is 0. The molecule has 0 saturated carbocycles. The first-order chi connectivity index (χ1) is 11.5. The summed E-state index contributed by atoms with van der Waals surface area (Å²) in [5.74, 6) is -2.83. The first-order valence-electron chi connectivity index (χ1n) is 8.78. The van der Waals surface area contributed by atoms with Crippen molar-refractivity contribution in [3.63, 3.8) is 0 Å². The van der Waals surface area contributed by atoms with E-state index in [-0.39, 0.29) is 11.1 Å². The number of unbranched alkanes of at least 4 members (excludes halogenated alkanes) is 5. The minimum Gasteiger partial charge on any atom is -0.206 e. The molecule has 0 amide bonds. The molecule has 0 fully saturated rings. The van der Waals surface area contributed by atoms with E-state index >= 15 is 0 Å². The Balaban J connectivity index is 2.01. The molecule has 0 aliphatic heterocycles. The summed E-state index contributed by atoms with van der Waals surface area (Å²) in [7, 11) is 0. The Morgan fingerprint density at radius 3 is 2.08 bits per heavy atom. The molecule has 0 nitrogen and oxygen atoms in total. The topological polar surface area (TPSA) is 0 Å². The lowest BCUT2D eigenvalue weighted by atomic mass is 9.99. The predicted octanol–water partition coefficient (Wildman–Crippen LogP) is 6.98. The maximum atomic E-state index is 14.0. The second-order valence-electron chi connectivity index (χ2n) is 6.39. The molecule has 0 radical (unpaired) electrons. The summed E-state index contributed by atoms with van der Waals surface area (Å²) in [5.41, 5.74) is 1.20. The van der Waals surface area contributed by atoms with Crippen molar-refractivity contribution >= 4 is 0 Å². The van der Waals surface area contributed by atoms with Crippen LogP contribution in [0, 0.1) is 24.4 Å². The van der Waals surface area contributed by atoms with E-state index < -0.39 is 17.5 Å². The third-order valence-corrected chi connectivity index (χ3v) is 4.40. The molecule has 2 aromatic rings. The van der Waals surface area contributed by atoms with Crippen LogP contribution in [0.25, 0.3) is 11.1 Å². The molecule has 0 saturated heterocycles. The van der Waals surface area contributed by atoms with Gasteiger partial charge in [-0.3, -0.25) is 0 Å². The highest BCUT2D eigenvalue weighted by Gasteiger charge is 2.18. The Kier molecular flexibility index (Phi) is 6.89. The quantitative estimate of drug-likeness (QED) is 0.361. The molecule has 0 aromatic heterocycles. The van der Waals surface area contributed by atoms with E-state index in [0.717, 1.165) is 24.5 Å². The number of rotatable bonds is 8. The zero-order chi connectivity index (χ0) is 17.5. The average Bonchev–Trinajstić information content (AvgIpc) is 2.57. The highest BCUT2D eigenvalue weighted by Crippen LogP contribution is 2.29. The lowest BCUT2D eigenvalue weighted by Crippen LogP contribution is -1.98. The van der Waals surface area contributed by atoms with Crippen LogP contribution in [0.5, 0.6) is 0 Å². The number of hydrogen-bond acceptors (Lipinski definition) is 0. The molecule has 0 bridgehead atoms. The second kappa shape index (κ2) is 8.91. The van der Waals surface area contributed by atoms with Gasteiger partial charge in [-0.1, -0.05) is 63.3 Å². The molecule has 0 atom stereocenters. The predicted molar refractivity (Wildman–Crippen MR) is 93.6 cm³/mol. The Hall–Kier alpha value is -1.77. The minimum absolute atomic E-state index is 0.0200. The summed E-state index contributed by atoms with van der Waals surface area (Å²) in [6.45, 7) is 3.56. The largest absolute Gasteiger partial charge is 0.206 e. The highest BCUT2D eigenvalue weighted by atomic mass is 19.2. The van der Waals surface area contributed by atoms with Gasteiger partial charge in [0.2, 0.25) is 0 Å². The van der Waals surface area contributed by atoms with E-state index in [4.69, 9.17) is 0 Å². The van der Waals surface area contributed by atoms with Gasteiger partial charge in [-0.25, -0.2) is 13.2 Å². The molecular weight excluding hydrogens is 309 g/mol. The van der Waals surface area contributed by atoms with Gasteiger partial charge < -0.3 is 0 Å². The number of aryl methyl sites for hydroxylation is 2. The highest BCUT2D eigenvalue weighted by molar-refractivity contribution is 5.65. The lowest BCUT2D eigenvalue weighted by molar-refractivity contribution is 0.493. The number of hydrogen-bond donors (Lipinski definition) is 0. The monoisotopic (exact) mass is 334 g/mol. The van der Waals surface area contributed by atoms with E-state index in [9.17, 15) is 13.2 Å². The van der Waals surface area contributed by atoms with Crippen LogP contribution in [0.2, 0.25) is 0 Å². The van der Waals surface area contributed by atoms with E-state index in [0.29, 0.717) is 5.56 Å². The van der Waals surface area contributed by atoms with Crippen LogP contribution >= 0.6 is 0 Å². The van der Waals surface area contributed by atoms with Crippen molar-refractivity contribution in [1.29, 1.82) is 0 Å². The molecule has 0 aliphatic rings. The maximum Gasteiger partial charge on any atom is 0.169 e. The third-order valence-electron chi connectivity index (χ3n) is 4.40. The SMILES string of the molecule is CCCCCCCCc1ccc(-c2c(F)cc(C)c(F)c2F)cc1. The van der Waals surface area contributed by atoms with Crippen LogP contribution in [0.15, 0.2) is 30.3 Å². The molecule has 2 rings (SSSR count). The smallest absolute Gasteiger partial charge is 0.169 e. The van der Waals surface area contributed by atoms with E-state index in [1.165, 1.54) is 39.0 Å². The van der Waals surface area contributed by atoms with Crippen molar-refractivity contribution in [3.8, 4) is 11.1 Å². The first kappa shape index (κ1) is 18.6. The van der Waals surface area contributed by atoms with Gasteiger partial charge >= 0.3 is 0 Å². The molecule has 24 heavy (non-hydrogen) atoms. The normalized spacial score (nSPS) is 11.0. The molecule has 0 N–H and O–H groups in total. The van der Waals surface area contributed by atoms with E-state index in [2.05, 4.69) is 6.92 Å². The Morgan fingerprint density at radius 1 is 0.792 bits per heavy atom. The zero-order valence-electron chi connectivity index (χ0n) is 14.5. The van der Waals surface area contributed by atoms with Crippen LogP contribution in [0.1, 0.15) is 56.6 Å². The maximum absolute atomic E-state index is 14.0. The summed E-state index contributed by atoms with van der Waals surface area (Å²) in [6, 6.07) is 8.12. The summed E-state index contributed by atoms with van der Waals surface area (Å²) < 4.78 is 41.8. The lowest BCUT2D eigenvalue weighted by Gasteiger charge is -2.09. The van der Waals surface area contributed by atoms with Crippen LogP contribution in [-0.4, -0.2) is 0 Å². The van der Waals surface area contributed by atoms with E-state index in [1.54, 1.807) is 12.1 Å². The molecule has 0 heterocycles. The van der Waals surface area contributed by atoms with Gasteiger partial charge in [0.05, 0.1) is 5.56 Å². The second-order valence-corrected chi connectivity index (χ2v) is 6.39. The first-order valence-corrected chi connectivity index (χ1v) is 8.78. The molecule has 0 spiro atoms. The van der Waals surface area contributed by atoms with Gasteiger partial charge in [0.1, 0.15) is 5.82 Å². The molecule has 0 unspecified atom stereocenters. The summed E-state index contributed by atoms with van der Waals surface area (Å²) in [5, 5.41) is 0. The molecule has 0 aliphatic carbocycles. The minimum atomic E-state index is -1.11. The van der Waals surface area contributed by atoms with Crippen molar-refractivity contribution in [2.24, 2.45) is 0 Å². The molecular formula is C21H25F3. The van der Waals surface area contributed by atoms with Gasteiger partial charge in [-0.05, 0) is 42.5 Å². The molecule has 3 heteroatoms. The number of halogens is 3. The van der Waals surface area contributed by atoms with Crippen molar-refractivity contribution in [2.75, 3.05) is 0 Å². The van der Waals surface area contributed by atoms with Crippen molar-refractivity contribution in [1.82, 2.24) is 0 Å². The summed E-state index contributed by atoms with van der Waals surface area (Å²) in [6.07, 6.45) is 8.35. The zero-order valence-corrected chi connectivity index (χ0v) is 14.5. The standard InChI is InChI=1S/C21H25F3/c1-3-4-5-6-7-8-9-16-10-12-17(13-11-16)19-18(22)14-15(2)20(23)21(19)24/h10-14H,3-9H2,1-2H3. The van der Waals surface area contributed by atoms with Gasteiger partial charge in [0.25, 0.3) is 0 Å². The molecule has 130 valence electrons. The average molecular weight is 334 g/mol. The van der Waals surface area contributed by atoms with Crippen LogP contribution in [-0.2, 0) is 6.42 Å². The Labute approximate surface area is 142 Å².